The Kier molecular flexibility index (Phi) is 10.3. The maximum Gasteiger partial charge on any atom is 0.453 e. The van der Waals surface area contributed by atoms with Crippen molar-refractivity contribution >= 4 is 5.91 Å². The number of amides is 1. The highest BCUT2D eigenvalue weighted by Crippen LogP contribution is 2.38. The van der Waals surface area contributed by atoms with Crippen molar-refractivity contribution in [1.82, 2.24) is 5.32 Å². The summed E-state index contributed by atoms with van der Waals surface area (Å²) in [7, 11) is 0. The van der Waals surface area contributed by atoms with Crippen LogP contribution < -0.4 is 5.32 Å². The van der Waals surface area contributed by atoms with E-state index in [-0.39, 0.29) is 13.0 Å². The standard InChI is InChI=1S/C14H24F5NO2/c15-13(16,14(17,18)19)9-7-8-12(22)20-10-5-3-1-2-4-6-11-21/h21H,1-11H2,(H,20,22). The lowest BCUT2D eigenvalue weighted by Gasteiger charge is -2.19. The normalized spacial score (nSPS) is 12.5. The van der Waals surface area contributed by atoms with Crippen molar-refractivity contribution in [2.24, 2.45) is 0 Å². The van der Waals surface area contributed by atoms with E-state index < -0.39 is 30.8 Å². The van der Waals surface area contributed by atoms with Crippen molar-refractivity contribution < 1.29 is 31.9 Å². The first-order valence-electron chi connectivity index (χ1n) is 7.53. The minimum atomic E-state index is -5.56. The first-order valence-corrected chi connectivity index (χ1v) is 7.53. The van der Waals surface area contributed by atoms with Gasteiger partial charge in [-0.3, -0.25) is 4.79 Å². The second kappa shape index (κ2) is 10.7. The lowest BCUT2D eigenvalue weighted by atomic mass is 10.1. The number of carbonyl (C=O) groups is 1. The monoisotopic (exact) mass is 333 g/mol. The van der Waals surface area contributed by atoms with Gasteiger partial charge in [0.25, 0.3) is 0 Å². The topological polar surface area (TPSA) is 49.3 Å². The van der Waals surface area contributed by atoms with Gasteiger partial charge in [-0.1, -0.05) is 25.7 Å². The van der Waals surface area contributed by atoms with Gasteiger partial charge in [0.05, 0.1) is 0 Å². The van der Waals surface area contributed by atoms with Gasteiger partial charge in [-0.25, -0.2) is 0 Å². The SMILES string of the molecule is O=C(CCCC(F)(F)C(F)(F)F)NCCCCCCCCO. The Bertz CT molecular complexity index is 308. The highest BCUT2D eigenvalue weighted by Gasteiger charge is 2.56. The summed E-state index contributed by atoms with van der Waals surface area (Å²) in [5, 5.41) is 11.1. The average molecular weight is 333 g/mol. The average Bonchev–Trinajstić information content (AvgIpc) is 2.40. The molecule has 0 radical (unpaired) electrons. The van der Waals surface area contributed by atoms with E-state index in [1.807, 2.05) is 0 Å². The predicted molar refractivity (Wildman–Crippen MR) is 72.7 cm³/mol. The maximum absolute atomic E-state index is 12.6. The van der Waals surface area contributed by atoms with E-state index in [2.05, 4.69) is 5.32 Å². The predicted octanol–water partition coefficient (Wildman–Crippen LogP) is 3.80. The first kappa shape index (κ1) is 21.1. The van der Waals surface area contributed by atoms with Crippen molar-refractivity contribution in [3.05, 3.63) is 0 Å². The largest absolute Gasteiger partial charge is 0.453 e. The van der Waals surface area contributed by atoms with E-state index in [1.54, 1.807) is 0 Å². The molecule has 2 N–H and O–H groups in total. The summed E-state index contributed by atoms with van der Waals surface area (Å²) in [5.41, 5.74) is 0. The molecule has 132 valence electrons. The fraction of sp³-hybridized carbons (Fsp3) is 0.929. The van der Waals surface area contributed by atoms with Gasteiger partial charge in [-0.2, -0.15) is 22.0 Å². The molecule has 0 saturated carbocycles. The van der Waals surface area contributed by atoms with E-state index >= 15 is 0 Å². The van der Waals surface area contributed by atoms with E-state index in [4.69, 9.17) is 5.11 Å². The third-order valence-electron chi connectivity index (χ3n) is 3.22. The Hall–Kier alpha value is -0.920. The van der Waals surface area contributed by atoms with Gasteiger partial charge in [-0.15, -0.1) is 0 Å². The third-order valence-corrected chi connectivity index (χ3v) is 3.22. The van der Waals surface area contributed by atoms with Crippen LogP contribution in [-0.2, 0) is 4.79 Å². The van der Waals surface area contributed by atoms with Gasteiger partial charge in [0.15, 0.2) is 0 Å². The van der Waals surface area contributed by atoms with Crippen LogP contribution in [0, 0.1) is 0 Å². The summed E-state index contributed by atoms with van der Waals surface area (Å²) < 4.78 is 60.9. The van der Waals surface area contributed by atoms with Crippen LogP contribution in [0.4, 0.5) is 22.0 Å². The Balaban J connectivity index is 3.55. The van der Waals surface area contributed by atoms with E-state index in [0.29, 0.717) is 6.54 Å². The number of aliphatic hydroxyl groups excluding tert-OH is 1. The lowest BCUT2D eigenvalue weighted by molar-refractivity contribution is -0.284. The van der Waals surface area contributed by atoms with Crippen molar-refractivity contribution in [2.75, 3.05) is 13.2 Å². The van der Waals surface area contributed by atoms with E-state index in [0.717, 1.165) is 38.5 Å². The number of alkyl halides is 5. The second-order valence-electron chi connectivity index (χ2n) is 5.25. The smallest absolute Gasteiger partial charge is 0.396 e. The van der Waals surface area contributed by atoms with E-state index in [1.165, 1.54) is 0 Å². The molecule has 22 heavy (non-hydrogen) atoms. The lowest BCUT2D eigenvalue weighted by Crippen LogP contribution is -2.36. The molecule has 0 saturated heterocycles. The summed E-state index contributed by atoms with van der Waals surface area (Å²) in [4.78, 5) is 11.3. The molecule has 0 spiro atoms. The van der Waals surface area contributed by atoms with Gasteiger partial charge < -0.3 is 10.4 Å². The van der Waals surface area contributed by atoms with Gasteiger partial charge in [0.1, 0.15) is 0 Å². The van der Waals surface area contributed by atoms with Crippen LogP contribution in [0.25, 0.3) is 0 Å². The summed E-state index contributed by atoms with van der Waals surface area (Å²) in [6.45, 7) is 0.581. The van der Waals surface area contributed by atoms with Crippen molar-refractivity contribution in [3.8, 4) is 0 Å². The van der Waals surface area contributed by atoms with Crippen LogP contribution in [0.15, 0.2) is 0 Å². The quantitative estimate of drug-likeness (QED) is 0.421. The molecule has 0 aromatic carbocycles. The third kappa shape index (κ3) is 9.92. The highest BCUT2D eigenvalue weighted by atomic mass is 19.4. The van der Waals surface area contributed by atoms with Crippen molar-refractivity contribution in [2.45, 2.75) is 69.9 Å². The molecule has 0 unspecified atom stereocenters. The highest BCUT2D eigenvalue weighted by molar-refractivity contribution is 5.75. The van der Waals surface area contributed by atoms with Crippen molar-refractivity contribution in [1.29, 1.82) is 0 Å². The number of rotatable bonds is 12. The summed E-state index contributed by atoms with van der Waals surface area (Å²) in [5.74, 6) is -5.24. The molecule has 0 aliphatic carbocycles. The minimum Gasteiger partial charge on any atom is -0.396 e. The van der Waals surface area contributed by atoms with Gasteiger partial charge in [0, 0.05) is 26.0 Å². The van der Waals surface area contributed by atoms with Crippen LogP contribution >= 0.6 is 0 Å². The summed E-state index contributed by atoms with van der Waals surface area (Å²) in [6, 6.07) is 0. The van der Waals surface area contributed by atoms with Crippen LogP contribution in [0.1, 0.15) is 57.8 Å². The van der Waals surface area contributed by atoms with E-state index in [9.17, 15) is 26.7 Å². The number of carbonyl (C=O) groups excluding carboxylic acids is 1. The van der Waals surface area contributed by atoms with Gasteiger partial charge in [0.2, 0.25) is 5.91 Å². The molecule has 0 aromatic rings. The Morgan fingerprint density at radius 1 is 0.864 bits per heavy atom. The number of hydrogen-bond donors (Lipinski definition) is 2. The van der Waals surface area contributed by atoms with Crippen LogP contribution in [0.2, 0.25) is 0 Å². The first-order chi connectivity index (χ1) is 10.2. The molecule has 8 heteroatoms. The zero-order valence-electron chi connectivity index (χ0n) is 12.5. The second-order valence-corrected chi connectivity index (χ2v) is 5.25. The number of hydrogen-bond acceptors (Lipinski definition) is 2. The number of nitrogens with one attached hydrogen (secondary N) is 1. The fourth-order valence-corrected chi connectivity index (χ4v) is 1.87. The van der Waals surface area contributed by atoms with Crippen LogP contribution in [0.5, 0.6) is 0 Å². The molecule has 0 bridgehead atoms. The molecule has 1 amide bonds. The molecular formula is C14H24F5NO2. The van der Waals surface area contributed by atoms with Crippen LogP contribution in [0.3, 0.4) is 0 Å². The molecule has 0 rings (SSSR count). The molecule has 0 aromatic heterocycles. The van der Waals surface area contributed by atoms with Gasteiger partial charge in [-0.05, 0) is 19.3 Å². The minimum absolute atomic E-state index is 0.184. The summed E-state index contributed by atoms with van der Waals surface area (Å²) in [6.07, 6.45) is -2.40. The maximum atomic E-state index is 12.6. The Morgan fingerprint density at radius 2 is 1.41 bits per heavy atom. The molecule has 3 nitrogen and oxygen atoms in total. The number of unbranched alkanes of at least 4 members (excludes halogenated alkanes) is 5. The molecule has 0 fully saturated rings. The van der Waals surface area contributed by atoms with Gasteiger partial charge >= 0.3 is 12.1 Å². The molecule has 0 aliphatic rings. The Labute approximate surface area is 127 Å². The molecule has 0 atom stereocenters. The zero-order valence-corrected chi connectivity index (χ0v) is 12.5. The number of aliphatic hydroxyl groups is 1. The number of halogens is 5. The molecule has 0 heterocycles. The summed E-state index contributed by atoms with van der Waals surface area (Å²) >= 11 is 0. The fourth-order valence-electron chi connectivity index (χ4n) is 1.87. The molecular weight excluding hydrogens is 309 g/mol. The Morgan fingerprint density at radius 3 is 1.95 bits per heavy atom. The zero-order chi connectivity index (χ0) is 17.1. The van der Waals surface area contributed by atoms with Crippen molar-refractivity contribution in [3.63, 3.8) is 0 Å². The van der Waals surface area contributed by atoms with Crippen LogP contribution in [-0.4, -0.2) is 36.3 Å². The molecule has 0 aliphatic heterocycles.